The molecule has 1 aliphatic rings. The van der Waals surface area contributed by atoms with E-state index in [0.29, 0.717) is 17.9 Å². The molecule has 1 amide bonds. The third-order valence-corrected chi connectivity index (χ3v) is 4.49. The average molecular weight is 298 g/mol. The predicted octanol–water partition coefficient (Wildman–Crippen LogP) is 3.66. The number of amides is 1. The maximum absolute atomic E-state index is 12.0. The Hall–Kier alpha value is -0.770. The Morgan fingerprint density at radius 2 is 1.86 bits per heavy atom. The van der Waals surface area contributed by atoms with E-state index in [1.54, 1.807) is 0 Å². The van der Waals surface area contributed by atoms with Crippen molar-refractivity contribution in [1.29, 1.82) is 0 Å². The zero-order chi connectivity index (χ0) is 16.0. The minimum Gasteiger partial charge on any atom is -0.444 e. The molecule has 0 bridgehead atoms. The van der Waals surface area contributed by atoms with E-state index in [0.717, 1.165) is 32.5 Å². The summed E-state index contributed by atoms with van der Waals surface area (Å²) in [7, 11) is 0. The summed E-state index contributed by atoms with van der Waals surface area (Å²) in [5.74, 6) is 1.39. The SMILES string of the molecule is CCC(C)C(C)NCC1CCN(C(=O)OC(C)(C)C)CC1. The van der Waals surface area contributed by atoms with Gasteiger partial charge in [-0.1, -0.05) is 20.3 Å². The van der Waals surface area contributed by atoms with Gasteiger partial charge in [-0.2, -0.15) is 0 Å². The number of nitrogens with zero attached hydrogens (tertiary/aromatic N) is 1. The zero-order valence-electron chi connectivity index (χ0n) is 14.7. The van der Waals surface area contributed by atoms with Crippen LogP contribution in [-0.4, -0.2) is 42.3 Å². The fourth-order valence-electron chi connectivity index (χ4n) is 2.55. The molecule has 2 atom stereocenters. The number of hydrogen-bond donors (Lipinski definition) is 1. The molecule has 0 aromatic rings. The Labute approximate surface area is 130 Å². The van der Waals surface area contributed by atoms with Crippen molar-refractivity contribution >= 4 is 6.09 Å². The highest BCUT2D eigenvalue weighted by atomic mass is 16.6. The molecule has 1 fully saturated rings. The Morgan fingerprint density at radius 1 is 1.29 bits per heavy atom. The van der Waals surface area contributed by atoms with E-state index >= 15 is 0 Å². The van der Waals surface area contributed by atoms with Gasteiger partial charge in [0, 0.05) is 19.1 Å². The first-order chi connectivity index (χ1) is 9.73. The van der Waals surface area contributed by atoms with E-state index < -0.39 is 5.60 Å². The van der Waals surface area contributed by atoms with Crippen LogP contribution >= 0.6 is 0 Å². The molecule has 0 aromatic carbocycles. The van der Waals surface area contributed by atoms with Gasteiger partial charge >= 0.3 is 6.09 Å². The number of rotatable bonds is 5. The Kier molecular flexibility index (Phi) is 6.98. The molecule has 1 rings (SSSR count). The van der Waals surface area contributed by atoms with E-state index in [-0.39, 0.29) is 6.09 Å². The van der Waals surface area contributed by atoms with E-state index in [2.05, 4.69) is 26.1 Å². The summed E-state index contributed by atoms with van der Waals surface area (Å²) in [5.41, 5.74) is -0.402. The van der Waals surface area contributed by atoms with Crippen LogP contribution < -0.4 is 5.32 Å². The lowest BCUT2D eigenvalue weighted by molar-refractivity contribution is 0.0183. The number of piperidine rings is 1. The Bertz CT molecular complexity index is 317. The predicted molar refractivity (Wildman–Crippen MR) is 87.5 cm³/mol. The van der Waals surface area contributed by atoms with Crippen LogP contribution in [0, 0.1) is 11.8 Å². The molecule has 0 radical (unpaired) electrons. The summed E-state index contributed by atoms with van der Waals surface area (Å²) < 4.78 is 5.43. The maximum Gasteiger partial charge on any atom is 0.410 e. The van der Waals surface area contributed by atoms with Gasteiger partial charge in [0.1, 0.15) is 5.60 Å². The van der Waals surface area contributed by atoms with Crippen LogP contribution in [0.5, 0.6) is 0 Å². The summed E-state index contributed by atoms with van der Waals surface area (Å²) in [6.07, 6.45) is 3.19. The first-order valence-electron chi connectivity index (χ1n) is 8.44. The lowest BCUT2D eigenvalue weighted by Gasteiger charge is -2.34. The molecule has 1 N–H and O–H groups in total. The first kappa shape index (κ1) is 18.3. The van der Waals surface area contributed by atoms with Crippen LogP contribution in [0.1, 0.15) is 60.8 Å². The van der Waals surface area contributed by atoms with Gasteiger partial charge in [-0.25, -0.2) is 4.79 Å². The molecule has 124 valence electrons. The molecule has 4 heteroatoms. The van der Waals surface area contributed by atoms with Crippen LogP contribution in [0.3, 0.4) is 0 Å². The van der Waals surface area contributed by atoms with Gasteiger partial charge in [0.05, 0.1) is 0 Å². The topological polar surface area (TPSA) is 41.6 Å². The van der Waals surface area contributed by atoms with E-state index in [4.69, 9.17) is 4.74 Å². The van der Waals surface area contributed by atoms with Crippen LogP contribution in [0.25, 0.3) is 0 Å². The largest absolute Gasteiger partial charge is 0.444 e. The summed E-state index contributed by atoms with van der Waals surface area (Å²) in [5, 5.41) is 3.65. The van der Waals surface area contributed by atoms with Crippen molar-refractivity contribution in [1.82, 2.24) is 10.2 Å². The number of carbonyl (C=O) groups excluding carboxylic acids is 1. The zero-order valence-corrected chi connectivity index (χ0v) is 14.7. The van der Waals surface area contributed by atoms with Crippen molar-refractivity contribution in [2.24, 2.45) is 11.8 Å². The molecule has 4 nitrogen and oxygen atoms in total. The Morgan fingerprint density at radius 3 is 2.33 bits per heavy atom. The standard InChI is InChI=1S/C17H34N2O2/c1-7-13(2)14(3)18-12-15-8-10-19(11-9-15)16(20)21-17(4,5)6/h13-15,18H,7-12H2,1-6H3. The number of ether oxygens (including phenoxy) is 1. The highest BCUT2D eigenvalue weighted by Crippen LogP contribution is 2.19. The average Bonchev–Trinajstić information content (AvgIpc) is 2.42. The third-order valence-electron chi connectivity index (χ3n) is 4.49. The Balaban J connectivity index is 2.28. The van der Waals surface area contributed by atoms with Crippen molar-refractivity contribution in [2.75, 3.05) is 19.6 Å². The van der Waals surface area contributed by atoms with Gasteiger partial charge in [0.25, 0.3) is 0 Å². The monoisotopic (exact) mass is 298 g/mol. The van der Waals surface area contributed by atoms with Gasteiger partial charge < -0.3 is 15.0 Å². The highest BCUT2D eigenvalue weighted by molar-refractivity contribution is 5.68. The molecule has 0 aromatic heterocycles. The second-order valence-corrected chi connectivity index (χ2v) is 7.49. The summed E-state index contributed by atoms with van der Waals surface area (Å²) >= 11 is 0. The van der Waals surface area contributed by atoms with Crippen molar-refractivity contribution in [3.63, 3.8) is 0 Å². The highest BCUT2D eigenvalue weighted by Gasteiger charge is 2.27. The number of hydrogen-bond acceptors (Lipinski definition) is 3. The minimum absolute atomic E-state index is 0.165. The summed E-state index contributed by atoms with van der Waals surface area (Å²) in [6, 6.07) is 0.568. The lowest BCUT2D eigenvalue weighted by Crippen LogP contribution is -2.44. The summed E-state index contributed by atoms with van der Waals surface area (Å²) in [4.78, 5) is 13.8. The van der Waals surface area contributed by atoms with E-state index in [9.17, 15) is 4.79 Å². The lowest BCUT2D eigenvalue weighted by atomic mass is 9.95. The van der Waals surface area contributed by atoms with E-state index in [1.807, 2.05) is 25.7 Å². The van der Waals surface area contributed by atoms with Crippen molar-refractivity contribution < 1.29 is 9.53 Å². The maximum atomic E-state index is 12.0. The van der Waals surface area contributed by atoms with Gasteiger partial charge in [0.15, 0.2) is 0 Å². The van der Waals surface area contributed by atoms with Crippen LogP contribution in [0.15, 0.2) is 0 Å². The number of carbonyl (C=O) groups is 1. The number of likely N-dealkylation sites (tertiary alicyclic amines) is 1. The van der Waals surface area contributed by atoms with Crippen LogP contribution in [0.2, 0.25) is 0 Å². The third kappa shape index (κ3) is 6.68. The first-order valence-corrected chi connectivity index (χ1v) is 8.44. The fraction of sp³-hybridized carbons (Fsp3) is 0.941. The summed E-state index contributed by atoms with van der Waals surface area (Å²) in [6.45, 7) is 15.2. The minimum atomic E-state index is -0.402. The normalized spacial score (nSPS) is 20.2. The smallest absolute Gasteiger partial charge is 0.410 e. The van der Waals surface area contributed by atoms with E-state index in [1.165, 1.54) is 6.42 Å². The molecule has 1 saturated heterocycles. The van der Waals surface area contributed by atoms with Crippen LogP contribution in [-0.2, 0) is 4.74 Å². The van der Waals surface area contributed by atoms with Gasteiger partial charge in [-0.3, -0.25) is 0 Å². The van der Waals surface area contributed by atoms with Crippen LogP contribution in [0.4, 0.5) is 4.79 Å². The van der Waals surface area contributed by atoms with Crippen molar-refractivity contribution in [3.05, 3.63) is 0 Å². The second-order valence-electron chi connectivity index (χ2n) is 7.49. The molecule has 21 heavy (non-hydrogen) atoms. The molecule has 0 aliphatic carbocycles. The number of nitrogens with one attached hydrogen (secondary N) is 1. The molecular formula is C17H34N2O2. The van der Waals surface area contributed by atoms with Crippen molar-refractivity contribution in [3.8, 4) is 0 Å². The van der Waals surface area contributed by atoms with Crippen molar-refractivity contribution in [2.45, 2.75) is 72.4 Å². The molecule has 2 unspecified atom stereocenters. The molecular weight excluding hydrogens is 264 g/mol. The quantitative estimate of drug-likeness (QED) is 0.842. The fourth-order valence-corrected chi connectivity index (χ4v) is 2.55. The van der Waals surface area contributed by atoms with Gasteiger partial charge in [-0.15, -0.1) is 0 Å². The molecule has 1 heterocycles. The van der Waals surface area contributed by atoms with Gasteiger partial charge in [0.2, 0.25) is 0 Å². The molecule has 0 spiro atoms. The molecule has 1 aliphatic heterocycles. The molecule has 0 saturated carbocycles. The second kappa shape index (κ2) is 8.02. The van der Waals surface area contributed by atoms with Gasteiger partial charge in [-0.05, 0) is 58.9 Å².